The normalized spacial score (nSPS) is 10.2. The van der Waals surface area contributed by atoms with Crippen LogP contribution in [0.3, 0.4) is 0 Å². The second-order valence-corrected chi connectivity index (χ2v) is 4.13. The van der Waals surface area contributed by atoms with Crippen LogP contribution >= 0.6 is 0 Å². The van der Waals surface area contributed by atoms with Gasteiger partial charge in [-0.05, 0) is 24.1 Å². The first-order valence-corrected chi connectivity index (χ1v) is 6.24. The van der Waals surface area contributed by atoms with Gasteiger partial charge >= 0.3 is 18.6 Å². The number of urea groups is 1. The number of ether oxygens (including phenoxy) is 1. The molecule has 0 heterocycles. The number of rotatable bonds is 8. The molecule has 6 nitrogen and oxygen atoms in total. The van der Waals surface area contributed by atoms with Crippen LogP contribution in [-0.4, -0.2) is 30.3 Å². The number of alkyl halides is 2. The van der Waals surface area contributed by atoms with E-state index in [0.29, 0.717) is 6.42 Å². The summed E-state index contributed by atoms with van der Waals surface area (Å²) in [5.41, 5.74) is 0.720. The molecule has 1 aromatic carbocycles. The molecular weight excluding hydrogens is 286 g/mol. The summed E-state index contributed by atoms with van der Waals surface area (Å²) in [6.45, 7) is -2.38. The second kappa shape index (κ2) is 8.72. The molecule has 0 fully saturated rings. The van der Waals surface area contributed by atoms with Crippen molar-refractivity contribution in [3.05, 3.63) is 29.8 Å². The molecule has 8 heteroatoms. The first-order chi connectivity index (χ1) is 9.97. The van der Waals surface area contributed by atoms with E-state index in [1.807, 2.05) is 0 Å². The fourth-order valence-corrected chi connectivity index (χ4v) is 1.48. The Morgan fingerprint density at radius 1 is 1.19 bits per heavy atom. The van der Waals surface area contributed by atoms with E-state index < -0.39 is 18.6 Å². The van der Waals surface area contributed by atoms with Gasteiger partial charge in [0.15, 0.2) is 0 Å². The number of benzene rings is 1. The Kier molecular flexibility index (Phi) is 6.93. The van der Waals surface area contributed by atoms with E-state index in [1.165, 1.54) is 12.1 Å². The molecule has 21 heavy (non-hydrogen) atoms. The Morgan fingerprint density at radius 2 is 1.86 bits per heavy atom. The maximum atomic E-state index is 11.9. The summed E-state index contributed by atoms with van der Waals surface area (Å²) in [7, 11) is 0. The van der Waals surface area contributed by atoms with Crippen molar-refractivity contribution in [1.29, 1.82) is 0 Å². The second-order valence-electron chi connectivity index (χ2n) is 4.13. The first-order valence-electron chi connectivity index (χ1n) is 6.24. The summed E-state index contributed by atoms with van der Waals surface area (Å²) in [6.07, 6.45) is 0.342. The summed E-state index contributed by atoms with van der Waals surface area (Å²) < 4.78 is 28.1. The molecule has 0 bridgehead atoms. The topological polar surface area (TPSA) is 87.7 Å². The highest BCUT2D eigenvalue weighted by Gasteiger charge is 2.04. The molecule has 1 aromatic rings. The summed E-state index contributed by atoms with van der Waals surface area (Å²) in [4.78, 5) is 21.6. The molecule has 0 saturated carbocycles. The van der Waals surface area contributed by atoms with E-state index >= 15 is 0 Å². The van der Waals surface area contributed by atoms with Crippen LogP contribution in [-0.2, 0) is 11.3 Å². The number of aliphatic carboxylic acids is 1. The number of carbonyl (C=O) groups excluding carboxylic acids is 1. The Balaban J connectivity index is 2.24. The van der Waals surface area contributed by atoms with E-state index in [9.17, 15) is 18.4 Å². The third kappa shape index (κ3) is 7.71. The van der Waals surface area contributed by atoms with Crippen molar-refractivity contribution in [3.8, 4) is 5.75 Å². The van der Waals surface area contributed by atoms with Crippen molar-refractivity contribution >= 4 is 12.0 Å². The van der Waals surface area contributed by atoms with Crippen molar-refractivity contribution in [2.24, 2.45) is 0 Å². The molecule has 0 aliphatic carbocycles. The minimum absolute atomic E-state index is 0.00806. The highest BCUT2D eigenvalue weighted by Crippen LogP contribution is 2.14. The van der Waals surface area contributed by atoms with Gasteiger partial charge in [0.1, 0.15) is 5.75 Å². The van der Waals surface area contributed by atoms with Gasteiger partial charge in [0.25, 0.3) is 0 Å². The SMILES string of the molecule is O=C(O)CCCNC(=O)NCc1ccc(OC(F)F)cc1. The van der Waals surface area contributed by atoms with Gasteiger partial charge in [-0.1, -0.05) is 12.1 Å². The van der Waals surface area contributed by atoms with Gasteiger partial charge in [-0.2, -0.15) is 8.78 Å². The quantitative estimate of drug-likeness (QED) is 0.640. The number of carbonyl (C=O) groups is 2. The van der Waals surface area contributed by atoms with E-state index in [4.69, 9.17) is 5.11 Å². The van der Waals surface area contributed by atoms with Crippen LogP contribution in [0.15, 0.2) is 24.3 Å². The number of hydrogen-bond donors (Lipinski definition) is 3. The van der Waals surface area contributed by atoms with Crippen molar-refractivity contribution in [1.82, 2.24) is 10.6 Å². The van der Waals surface area contributed by atoms with Gasteiger partial charge in [-0.15, -0.1) is 0 Å². The van der Waals surface area contributed by atoms with Crippen molar-refractivity contribution in [3.63, 3.8) is 0 Å². The summed E-state index contributed by atoms with van der Waals surface area (Å²) in [5, 5.41) is 13.5. The highest BCUT2D eigenvalue weighted by molar-refractivity contribution is 5.73. The van der Waals surface area contributed by atoms with Crippen LogP contribution in [0.4, 0.5) is 13.6 Å². The molecule has 0 radical (unpaired) electrons. The maximum absolute atomic E-state index is 11.9. The number of nitrogens with one attached hydrogen (secondary N) is 2. The lowest BCUT2D eigenvalue weighted by Gasteiger charge is -2.08. The zero-order valence-electron chi connectivity index (χ0n) is 11.1. The average molecular weight is 302 g/mol. The molecule has 2 amide bonds. The molecule has 0 aliphatic rings. The lowest BCUT2D eigenvalue weighted by atomic mass is 10.2. The fourth-order valence-electron chi connectivity index (χ4n) is 1.48. The molecule has 0 atom stereocenters. The van der Waals surface area contributed by atoms with Gasteiger partial charge in [-0.3, -0.25) is 4.79 Å². The fraction of sp³-hybridized carbons (Fsp3) is 0.385. The summed E-state index contributed by atoms with van der Waals surface area (Å²) in [5.74, 6) is -0.866. The molecule has 116 valence electrons. The van der Waals surface area contributed by atoms with Crippen LogP contribution in [0.5, 0.6) is 5.75 Å². The van der Waals surface area contributed by atoms with Crippen LogP contribution in [0, 0.1) is 0 Å². The van der Waals surface area contributed by atoms with Gasteiger partial charge in [0, 0.05) is 19.5 Å². The number of carboxylic acids is 1. The van der Waals surface area contributed by atoms with E-state index in [2.05, 4.69) is 15.4 Å². The van der Waals surface area contributed by atoms with Crippen LogP contribution < -0.4 is 15.4 Å². The van der Waals surface area contributed by atoms with E-state index in [0.717, 1.165) is 5.56 Å². The predicted octanol–water partition coefficient (Wildman–Crippen LogP) is 1.95. The molecule has 3 N–H and O–H groups in total. The number of carboxylic acid groups (broad SMARTS) is 1. The Bertz CT molecular complexity index is 466. The molecule has 0 saturated heterocycles. The zero-order valence-corrected chi connectivity index (χ0v) is 11.1. The van der Waals surface area contributed by atoms with Crippen LogP contribution in [0.25, 0.3) is 0 Å². The van der Waals surface area contributed by atoms with Gasteiger partial charge in [-0.25, -0.2) is 4.79 Å². The smallest absolute Gasteiger partial charge is 0.387 e. The standard InChI is InChI=1S/C13H16F2N2O4/c14-12(15)21-10-5-3-9(4-6-10)8-17-13(20)16-7-1-2-11(18)19/h3-6,12H,1-2,7-8H2,(H,18,19)(H2,16,17,20). The highest BCUT2D eigenvalue weighted by atomic mass is 19.3. The summed E-state index contributed by atoms with van der Waals surface area (Å²) >= 11 is 0. The van der Waals surface area contributed by atoms with Crippen molar-refractivity contribution < 1.29 is 28.2 Å². The third-order valence-electron chi connectivity index (χ3n) is 2.45. The minimum atomic E-state index is -2.87. The van der Waals surface area contributed by atoms with E-state index in [1.54, 1.807) is 12.1 Å². The van der Waals surface area contributed by atoms with Crippen molar-refractivity contribution in [2.75, 3.05) is 6.54 Å². The molecule has 0 unspecified atom stereocenters. The lowest BCUT2D eigenvalue weighted by Crippen LogP contribution is -2.35. The van der Waals surface area contributed by atoms with Gasteiger partial charge in [0.05, 0.1) is 0 Å². The molecule has 1 rings (SSSR count). The molecule has 0 spiro atoms. The molecular formula is C13H16F2N2O4. The Hall–Kier alpha value is -2.38. The average Bonchev–Trinajstić information content (AvgIpc) is 2.42. The monoisotopic (exact) mass is 302 g/mol. The number of amides is 2. The third-order valence-corrected chi connectivity index (χ3v) is 2.45. The van der Waals surface area contributed by atoms with Crippen LogP contribution in [0.2, 0.25) is 0 Å². The molecule has 0 aromatic heterocycles. The maximum Gasteiger partial charge on any atom is 0.387 e. The minimum Gasteiger partial charge on any atom is -0.481 e. The Labute approximate surface area is 120 Å². The first kappa shape index (κ1) is 16.7. The number of halogens is 2. The summed E-state index contributed by atoms with van der Waals surface area (Å²) in [6, 6.07) is 5.46. The van der Waals surface area contributed by atoms with Gasteiger partial charge in [0.2, 0.25) is 0 Å². The lowest BCUT2D eigenvalue weighted by molar-refractivity contribution is -0.137. The van der Waals surface area contributed by atoms with Crippen LogP contribution in [0.1, 0.15) is 18.4 Å². The number of hydrogen-bond acceptors (Lipinski definition) is 3. The zero-order chi connectivity index (χ0) is 15.7. The predicted molar refractivity (Wildman–Crippen MR) is 70.2 cm³/mol. The molecule has 0 aliphatic heterocycles. The van der Waals surface area contributed by atoms with Crippen molar-refractivity contribution in [2.45, 2.75) is 26.0 Å². The Morgan fingerprint density at radius 3 is 2.43 bits per heavy atom. The largest absolute Gasteiger partial charge is 0.481 e. The van der Waals surface area contributed by atoms with Gasteiger partial charge < -0.3 is 20.5 Å². The van der Waals surface area contributed by atoms with E-state index in [-0.39, 0.29) is 25.3 Å².